The third kappa shape index (κ3) is 3.64. The van der Waals surface area contributed by atoms with Crippen molar-refractivity contribution in [3.8, 4) is 0 Å². The summed E-state index contributed by atoms with van der Waals surface area (Å²) in [6.45, 7) is 2.42. The summed E-state index contributed by atoms with van der Waals surface area (Å²) >= 11 is 0. The van der Waals surface area contributed by atoms with Crippen molar-refractivity contribution in [3.05, 3.63) is 48.0 Å². The van der Waals surface area contributed by atoms with Gasteiger partial charge in [-0.1, -0.05) is 36.4 Å². The Morgan fingerprint density at radius 3 is 2.74 bits per heavy atom. The fourth-order valence-electron chi connectivity index (χ4n) is 4.07. The third-order valence-corrected chi connectivity index (χ3v) is 5.62. The summed E-state index contributed by atoms with van der Waals surface area (Å²) in [5, 5.41) is 7.65. The largest absolute Gasteiger partial charge is 0.383 e. The van der Waals surface area contributed by atoms with E-state index in [0.717, 1.165) is 10.8 Å². The van der Waals surface area contributed by atoms with Crippen molar-refractivity contribution in [1.29, 1.82) is 0 Å². The highest BCUT2D eigenvalue weighted by atomic mass is 16.5. The first-order chi connectivity index (χ1) is 15.1. The number of rotatable bonds is 3. The van der Waals surface area contributed by atoms with Gasteiger partial charge in [0.1, 0.15) is 11.6 Å². The standard InChI is InChI=1S/C22H22N6O3/c23-19-18-15(21(30)24-16-7-3-5-13-4-1-2-6-14(13)16)12-17(29)25-20(18)27-22(26-19)28-8-10-31-11-9-28/h1-7,15H,8-12H2,(H,24,30)(H3,23,25,26,27,29)/t15-/m0/s1. The molecule has 1 fully saturated rings. The summed E-state index contributed by atoms with van der Waals surface area (Å²) in [5.41, 5.74) is 7.40. The van der Waals surface area contributed by atoms with Crippen LogP contribution in [-0.2, 0) is 14.3 Å². The van der Waals surface area contributed by atoms with Crippen molar-refractivity contribution >= 4 is 45.9 Å². The molecule has 4 N–H and O–H groups in total. The Morgan fingerprint density at radius 2 is 1.90 bits per heavy atom. The van der Waals surface area contributed by atoms with E-state index in [9.17, 15) is 9.59 Å². The fourth-order valence-corrected chi connectivity index (χ4v) is 4.07. The molecule has 31 heavy (non-hydrogen) atoms. The van der Waals surface area contributed by atoms with Crippen molar-refractivity contribution < 1.29 is 14.3 Å². The topological polar surface area (TPSA) is 122 Å². The van der Waals surface area contributed by atoms with Crippen LogP contribution in [-0.4, -0.2) is 48.1 Å². The van der Waals surface area contributed by atoms with Crippen molar-refractivity contribution in [1.82, 2.24) is 9.97 Å². The van der Waals surface area contributed by atoms with Crippen LogP contribution in [0.3, 0.4) is 0 Å². The Hall–Kier alpha value is -3.72. The van der Waals surface area contributed by atoms with E-state index in [1.165, 1.54) is 0 Å². The zero-order valence-electron chi connectivity index (χ0n) is 16.8. The van der Waals surface area contributed by atoms with Crippen molar-refractivity contribution in [3.63, 3.8) is 0 Å². The van der Waals surface area contributed by atoms with Gasteiger partial charge in [-0.2, -0.15) is 9.97 Å². The molecule has 3 aromatic rings. The van der Waals surface area contributed by atoms with Gasteiger partial charge in [0.25, 0.3) is 0 Å². The highest BCUT2D eigenvalue weighted by molar-refractivity contribution is 6.08. The van der Waals surface area contributed by atoms with E-state index in [2.05, 4.69) is 20.6 Å². The monoisotopic (exact) mass is 418 g/mol. The van der Waals surface area contributed by atoms with Crippen LogP contribution in [0.25, 0.3) is 10.8 Å². The summed E-state index contributed by atoms with van der Waals surface area (Å²) < 4.78 is 5.37. The van der Waals surface area contributed by atoms with Gasteiger partial charge in [0.2, 0.25) is 17.8 Å². The van der Waals surface area contributed by atoms with Crippen LogP contribution >= 0.6 is 0 Å². The first kappa shape index (κ1) is 19.3. The number of fused-ring (bicyclic) bond motifs is 2. The molecule has 9 heteroatoms. The van der Waals surface area contributed by atoms with Gasteiger partial charge >= 0.3 is 0 Å². The highest BCUT2D eigenvalue weighted by Crippen LogP contribution is 2.37. The number of carbonyl (C=O) groups excluding carboxylic acids is 2. The maximum Gasteiger partial charge on any atom is 0.232 e. The number of nitrogens with one attached hydrogen (secondary N) is 2. The number of hydrogen-bond acceptors (Lipinski definition) is 7. The predicted molar refractivity (Wildman–Crippen MR) is 118 cm³/mol. The molecule has 0 saturated carbocycles. The van der Waals surface area contributed by atoms with Gasteiger partial charge in [-0.15, -0.1) is 0 Å². The van der Waals surface area contributed by atoms with E-state index < -0.39 is 5.92 Å². The summed E-state index contributed by atoms with van der Waals surface area (Å²) in [6, 6.07) is 13.5. The first-order valence-corrected chi connectivity index (χ1v) is 10.2. The van der Waals surface area contributed by atoms with Gasteiger partial charge < -0.3 is 26.0 Å². The fraction of sp³-hybridized carbons (Fsp3) is 0.273. The van der Waals surface area contributed by atoms with Crippen LogP contribution < -0.4 is 21.3 Å². The molecule has 1 saturated heterocycles. The predicted octanol–water partition coefficient (Wildman–Crippen LogP) is 2.11. The zero-order chi connectivity index (χ0) is 21.4. The number of nitrogen functional groups attached to an aromatic ring is 1. The van der Waals surface area contributed by atoms with Gasteiger partial charge in [-0.05, 0) is 11.5 Å². The maximum absolute atomic E-state index is 13.2. The summed E-state index contributed by atoms with van der Waals surface area (Å²) in [5.74, 6) is -0.456. The second kappa shape index (κ2) is 7.84. The quantitative estimate of drug-likeness (QED) is 0.595. The summed E-state index contributed by atoms with van der Waals surface area (Å²) in [7, 11) is 0. The van der Waals surface area contributed by atoms with E-state index in [1.807, 2.05) is 47.4 Å². The Balaban J connectivity index is 1.48. The van der Waals surface area contributed by atoms with Crippen molar-refractivity contribution in [2.45, 2.75) is 12.3 Å². The van der Waals surface area contributed by atoms with Crippen LogP contribution in [0.5, 0.6) is 0 Å². The number of anilines is 4. The molecule has 0 radical (unpaired) electrons. The number of carbonyl (C=O) groups is 2. The molecular formula is C22H22N6O3. The number of amides is 2. The lowest BCUT2D eigenvalue weighted by molar-refractivity contribution is -0.123. The SMILES string of the molecule is Nc1nc(N2CCOCC2)nc2c1[C@@H](C(=O)Nc1cccc3ccccc13)CC(=O)N2. The number of benzene rings is 2. The molecule has 3 heterocycles. The number of ether oxygens (including phenoxy) is 1. The molecule has 5 rings (SSSR count). The Labute approximate surface area is 178 Å². The second-order valence-electron chi connectivity index (χ2n) is 7.59. The minimum Gasteiger partial charge on any atom is -0.383 e. The summed E-state index contributed by atoms with van der Waals surface area (Å²) in [4.78, 5) is 36.5. The third-order valence-electron chi connectivity index (χ3n) is 5.62. The van der Waals surface area contributed by atoms with E-state index in [0.29, 0.717) is 49.3 Å². The number of morpholine rings is 1. The minimum atomic E-state index is -0.776. The van der Waals surface area contributed by atoms with Crippen LogP contribution in [0, 0.1) is 0 Å². The first-order valence-electron chi connectivity index (χ1n) is 10.2. The average molecular weight is 418 g/mol. The van der Waals surface area contributed by atoms with Gasteiger partial charge in [-0.3, -0.25) is 9.59 Å². The van der Waals surface area contributed by atoms with E-state index in [-0.39, 0.29) is 24.1 Å². The lowest BCUT2D eigenvalue weighted by Crippen LogP contribution is -2.38. The number of hydrogen-bond donors (Lipinski definition) is 3. The average Bonchev–Trinajstić information content (AvgIpc) is 2.79. The molecule has 158 valence electrons. The van der Waals surface area contributed by atoms with Gasteiger partial charge in [0, 0.05) is 30.6 Å². The zero-order valence-corrected chi connectivity index (χ0v) is 16.8. The van der Waals surface area contributed by atoms with Gasteiger partial charge in [0.15, 0.2) is 0 Å². The minimum absolute atomic E-state index is 0.0198. The second-order valence-corrected chi connectivity index (χ2v) is 7.59. The lowest BCUT2D eigenvalue weighted by Gasteiger charge is -2.30. The Morgan fingerprint density at radius 1 is 1.13 bits per heavy atom. The Bertz CT molecular complexity index is 1170. The smallest absolute Gasteiger partial charge is 0.232 e. The number of aromatic nitrogens is 2. The molecule has 0 aliphatic carbocycles. The molecular weight excluding hydrogens is 396 g/mol. The van der Waals surface area contributed by atoms with E-state index in [4.69, 9.17) is 10.5 Å². The molecule has 0 spiro atoms. The molecule has 2 aromatic carbocycles. The molecule has 1 atom stereocenters. The van der Waals surface area contributed by atoms with E-state index >= 15 is 0 Å². The molecule has 2 aliphatic heterocycles. The van der Waals surface area contributed by atoms with Gasteiger partial charge in [0.05, 0.1) is 24.7 Å². The number of nitrogens with two attached hydrogens (primary N) is 1. The number of nitrogens with zero attached hydrogens (tertiary/aromatic N) is 3. The molecule has 0 unspecified atom stereocenters. The lowest BCUT2D eigenvalue weighted by atomic mass is 9.91. The molecule has 2 amide bonds. The van der Waals surface area contributed by atoms with Crippen LogP contribution in [0.4, 0.5) is 23.3 Å². The summed E-state index contributed by atoms with van der Waals surface area (Å²) in [6.07, 6.45) is -0.0198. The molecule has 0 bridgehead atoms. The van der Waals surface area contributed by atoms with Gasteiger partial charge in [-0.25, -0.2) is 0 Å². The molecule has 9 nitrogen and oxygen atoms in total. The van der Waals surface area contributed by atoms with E-state index in [1.54, 1.807) is 0 Å². The highest BCUT2D eigenvalue weighted by Gasteiger charge is 2.35. The van der Waals surface area contributed by atoms with Crippen LogP contribution in [0.1, 0.15) is 17.9 Å². The maximum atomic E-state index is 13.2. The van der Waals surface area contributed by atoms with Crippen molar-refractivity contribution in [2.24, 2.45) is 0 Å². The molecule has 2 aliphatic rings. The van der Waals surface area contributed by atoms with Crippen LogP contribution in [0.2, 0.25) is 0 Å². The van der Waals surface area contributed by atoms with Crippen molar-refractivity contribution in [2.75, 3.05) is 47.6 Å². The normalized spacial score (nSPS) is 18.4. The Kier molecular flexibility index (Phi) is 4.87. The molecule has 1 aromatic heterocycles. The van der Waals surface area contributed by atoms with Crippen LogP contribution in [0.15, 0.2) is 42.5 Å².